The molecule has 2 amide bonds. The van der Waals surface area contributed by atoms with E-state index in [2.05, 4.69) is 15.4 Å². The van der Waals surface area contributed by atoms with Crippen LogP contribution in [0.4, 0.5) is 11.4 Å². The molecule has 0 spiro atoms. The van der Waals surface area contributed by atoms with Crippen molar-refractivity contribution in [2.75, 3.05) is 10.6 Å². The lowest BCUT2D eigenvalue weighted by Gasteiger charge is -2.19. The number of hydrogen-bond donors (Lipinski definition) is 3. The summed E-state index contributed by atoms with van der Waals surface area (Å²) < 4.78 is 28.2. The molecule has 0 aliphatic heterocycles. The van der Waals surface area contributed by atoms with Gasteiger partial charge in [0.05, 0.1) is 4.90 Å². The molecule has 0 fully saturated rings. The van der Waals surface area contributed by atoms with Crippen LogP contribution in [0.15, 0.2) is 83.8 Å². The van der Waals surface area contributed by atoms with Crippen LogP contribution in [0, 0.1) is 0 Å². The smallest absolute Gasteiger partial charge is 0.242 e. The Kier molecular flexibility index (Phi) is 7.63. The van der Waals surface area contributed by atoms with Gasteiger partial charge in [-0.05, 0) is 60.5 Å². The van der Waals surface area contributed by atoms with E-state index in [1.807, 2.05) is 30.3 Å². The fraction of sp³-hybridized carbons (Fsp3) is 0.130. The van der Waals surface area contributed by atoms with Crippen molar-refractivity contribution in [2.24, 2.45) is 0 Å². The summed E-state index contributed by atoms with van der Waals surface area (Å²) in [7, 11) is -3.97. The summed E-state index contributed by atoms with van der Waals surface area (Å²) in [6.45, 7) is 1.40. The van der Waals surface area contributed by atoms with Gasteiger partial charge in [0.2, 0.25) is 21.8 Å². The lowest BCUT2D eigenvalue weighted by Crippen LogP contribution is -2.45. The Bertz CT molecular complexity index is 1180. The molecule has 0 heterocycles. The van der Waals surface area contributed by atoms with E-state index in [-0.39, 0.29) is 17.2 Å². The van der Waals surface area contributed by atoms with Crippen molar-refractivity contribution >= 4 is 44.8 Å². The number of sulfonamides is 1. The highest BCUT2D eigenvalue weighted by Crippen LogP contribution is 2.17. The van der Waals surface area contributed by atoms with Gasteiger partial charge in [-0.2, -0.15) is 4.72 Å². The van der Waals surface area contributed by atoms with Crippen LogP contribution in [0.5, 0.6) is 0 Å². The number of anilines is 2. The van der Waals surface area contributed by atoms with E-state index in [0.717, 1.165) is 5.56 Å². The standard InChI is InChI=1S/C23H22ClN3O4S/c1-16(28)25-19-9-11-20(12-10-19)26-23(29)22(15-17-5-3-2-4-6-17)27-32(30,31)21-13-7-18(24)8-14-21/h2-14,22,27H,15H2,1H3,(H,25,28)(H,26,29)/t22-/m1/s1. The number of benzene rings is 3. The Morgan fingerprint density at radius 2 is 1.41 bits per heavy atom. The minimum atomic E-state index is -3.97. The first kappa shape index (κ1) is 23.5. The Morgan fingerprint density at radius 3 is 1.97 bits per heavy atom. The van der Waals surface area contributed by atoms with Gasteiger partial charge >= 0.3 is 0 Å². The molecule has 3 aromatic rings. The first-order valence-corrected chi connectivity index (χ1v) is 11.6. The second kappa shape index (κ2) is 10.4. The molecular formula is C23H22ClN3O4S. The normalized spacial score (nSPS) is 12.1. The fourth-order valence-electron chi connectivity index (χ4n) is 2.98. The van der Waals surface area contributed by atoms with Crippen molar-refractivity contribution in [3.63, 3.8) is 0 Å². The maximum absolute atomic E-state index is 13.0. The van der Waals surface area contributed by atoms with Gasteiger partial charge in [-0.3, -0.25) is 9.59 Å². The predicted molar refractivity (Wildman–Crippen MR) is 125 cm³/mol. The third kappa shape index (κ3) is 6.65. The monoisotopic (exact) mass is 471 g/mol. The number of hydrogen-bond acceptors (Lipinski definition) is 4. The Morgan fingerprint density at radius 1 is 0.844 bits per heavy atom. The molecule has 7 nitrogen and oxygen atoms in total. The van der Waals surface area contributed by atoms with Crippen molar-refractivity contribution < 1.29 is 18.0 Å². The van der Waals surface area contributed by atoms with Gasteiger partial charge in [0, 0.05) is 23.3 Å². The maximum Gasteiger partial charge on any atom is 0.242 e. The van der Waals surface area contributed by atoms with Crippen LogP contribution in [0.2, 0.25) is 5.02 Å². The molecule has 3 N–H and O–H groups in total. The topological polar surface area (TPSA) is 104 Å². The van der Waals surface area contributed by atoms with Crippen molar-refractivity contribution in [2.45, 2.75) is 24.3 Å². The lowest BCUT2D eigenvalue weighted by atomic mass is 10.1. The number of carbonyl (C=O) groups excluding carboxylic acids is 2. The van der Waals surface area contributed by atoms with Gasteiger partial charge in [0.25, 0.3) is 0 Å². The summed E-state index contributed by atoms with van der Waals surface area (Å²) in [6.07, 6.45) is 0.156. The summed E-state index contributed by atoms with van der Waals surface area (Å²) in [5, 5.41) is 5.78. The average molecular weight is 472 g/mol. The van der Waals surface area contributed by atoms with Gasteiger partial charge < -0.3 is 10.6 Å². The predicted octanol–water partition coefficient (Wildman–Crippen LogP) is 3.83. The van der Waals surface area contributed by atoms with E-state index >= 15 is 0 Å². The van der Waals surface area contributed by atoms with Gasteiger partial charge in [-0.1, -0.05) is 41.9 Å². The largest absolute Gasteiger partial charge is 0.326 e. The first-order valence-electron chi connectivity index (χ1n) is 9.73. The number of halogens is 1. The zero-order valence-corrected chi connectivity index (χ0v) is 18.8. The second-order valence-corrected chi connectivity index (χ2v) is 9.22. The third-order valence-electron chi connectivity index (χ3n) is 4.49. The average Bonchev–Trinajstić information content (AvgIpc) is 2.75. The second-order valence-electron chi connectivity index (χ2n) is 7.07. The molecule has 3 rings (SSSR count). The summed E-state index contributed by atoms with van der Waals surface area (Å²) in [4.78, 5) is 24.2. The fourth-order valence-corrected chi connectivity index (χ4v) is 4.30. The summed E-state index contributed by atoms with van der Waals surface area (Å²) in [5.74, 6) is -0.722. The quantitative estimate of drug-likeness (QED) is 0.464. The van der Waals surface area contributed by atoms with Crippen molar-refractivity contribution in [1.82, 2.24) is 4.72 Å². The summed E-state index contributed by atoms with van der Waals surface area (Å²) >= 11 is 5.85. The molecule has 3 aromatic carbocycles. The molecule has 0 radical (unpaired) electrons. The minimum Gasteiger partial charge on any atom is -0.326 e. The molecule has 0 aliphatic rings. The van der Waals surface area contributed by atoms with E-state index < -0.39 is 22.0 Å². The molecule has 0 saturated heterocycles. The van der Waals surface area contributed by atoms with Crippen molar-refractivity contribution in [3.8, 4) is 0 Å². The van der Waals surface area contributed by atoms with Crippen LogP contribution in [0.3, 0.4) is 0 Å². The molecule has 166 valence electrons. The Hall–Kier alpha value is -3.20. The molecule has 32 heavy (non-hydrogen) atoms. The van der Waals surface area contributed by atoms with Crippen LogP contribution in [0.1, 0.15) is 12.5 Å². The lowest BCUT2D eigenvalue weighted by molar-refractivity contribution is -0.117. The molecule has 9 heteroatoms. The maximum atomic E-state index is 13.0. The van der Waals surface area contributed by atoms with Gasteiger partial charge in [-0.15, -0.1) is 0 Å². The zero-order chi connectivity index (χ0) is 23.1. The minimum absolute atomic E-state index is 0.00687. The van der Waals surface area contributed by atoms with E-state index in [4.69, 9.17) is 11.6 Å². The van der Waals surface area contributed by atoms with E-state index in [1.165, 1.54) is 31.2 Å². The molecule has 0 unspecified atom stereocenters. The molecule has 0 bridgehead atoms. The highest BCUT2D eigenvalue weighted by molar-refractivity contribution is 7.89. The van der Waals surface area contributed by atoms with E-state index in [0.29, 0.717) is 16.4 Å². The summed E-state index contributed by atoms with van der Waals surface area (Å²) in [5.41, 5.74) is 1.85. The molecule has 0 aliphatic carbocycles. The van der Waals surface area contributed by atoms with E-state index in [9.17, 15) is 18.0 Å². The van der Waals surface area contributed by atoms with E-state index in [1.54, 1.807) is 24.3 Å². The number of nitrogens with one attached hydrogen (secondary N) is 3. The third-order valence-corrected chi connectivity index (χ3v) is 6.23. The Labute approximate surface area is 191 Å². The van der Waals surface area contributed by atoms with Crippen molar-refractivity contribution in [3.05, 3.63) is 89.4 Å². The van der Waals surface area contributed by atoms with Crippen LogP contribution >= 0.6 is 11.6 Å². The molecule has 0 saturated carbocycles. The first-order chi connectivity index (χ1) is 15.2. The van der Waals surface area contributed by atoms with Gasteiger partial charge in [0.15, 0.2) is 0 Å². The van der Waals surface area contributed by atoms with Crippen LogP contribution in [-0.2, 0) is 26.0 Å². The van der Waals surface area contributed by atoms with Crippen molar-refractivity contribution in [1.29, 1.82) is 0 Å². The number of carbonyl (C=O) groups is 2. The highest BCUT2D eigenvalue weighted by Gasteiger charge is 2.26. The molecule has 1 atom stereocenters. The number of rotatable bonds is 8. The van der Waals surface area contributed by atoms with Crippen LogP contribution in [-0.4, -0.2) is 26.3 Å². The SMILES string of the molecule is CC(=O)Nc1ccc(NC(=O)[C@@H](Cc2ccccc2)NS(=O)(=O)c2ccc(Cl)cc2)cc1. The molecule has 0 aromatic heterocycles. The number of amides is 2. The van der Waals surface area contributed by atoms with Gasteiger partial charge in [-0.25, -0.2) is 8.42 Å². The highest BCUT2D eigenvalue weighted by atomic mass is 35.5. The zero-order valence-electron chi connectivity index (χ0n) is 17.2. The van der Waals surface area contributed by atoms with Crippen LogP contribution < -0.4 is 15.4 Å². The van der Waals surface area contributed by atoms with Gasteiger partial charge in [0.1, 0.15) is 6.04 Å². The summed E-state index contributed by atoms with van der Waals surface area (Å²) in [6, 6.07) is 20.3. The Balaban J connectivity index is 1.81. The molecular weight excluding hydrogens is 450 g/mol. The van der Waals surface area contributed by atoms with Crippen LogP contribution in [0.25, 0.3) is 0 Å².